The molecular weight excluding hydrogens is 208 g/mol. The number of hydrogen-bond acceptors (Lipinski definition) is 4. The molecule has 0 aliphatic rings. The predicted octanol–water partition coefficient (Wildman–Crippen LogP) is -0.503. The summed E-state index contributed by atoms with van der Waals surface area (Å²) in [7, 11) is 0. The third-order valence-corrected chi connectivity index (χ3v) is 1.36. The molecule has 0 bridgehead atoms. The van der Waals surface area contributed by atoms with E-state index < -0.39 is 12.2 Å². The van der Waals surface area contributed by atoms with Gasteiger partial charge in [-0.2, -0.15) is 0 Å². The molecule has 0 amide bonds. The summed E-state index contributed by atoms with van der Waals surface area (Å²) in [6.45, 7) is 3.41. The first kappa shape index (κ1) is 19.2. The van der Waals surface area contributed by atoms with Gasteiger partial charge in [0, 0.05) is 21.7 Å². The number of rotatable bonds is 4. The maximum atomic E-state index is 8.42. The molecule has 13 heavy (non-hydrogen) atoms. The summed E-state index contributed by atoms with van der Waals surface area (Å²) in [4.78, 5) is 0. The Bertz CT molecular complexity index is 64.5. The summed E-state index contributed by atoms with van der Waals surface area (Å²) in [5.74, 6) is 0. The van der Waals surface area contributed by atoms with Gasteiger partial charge < -0.3 is 20.4 Å². The summed E-state index contributed by atoms with van der Waals surface area (Å²) < 4.78 is 0. The second kappa shape index (κ2) is 15.0. The minimum absolute atomic E-state index is 0. The van der Waals surface area contributed by atoms with Crippen molar-refractivity contribution in [1.29, 1.82) is 0 Å². The van der Waals surface area contributed by atoms with Gasteiger partial charge in [-0.15, -0.1) is 0 Å². The van der Waals surface area contributed by atoms with Crippen LogP contribution in [0.1, 0.15) is 26.7 Å². The maximum Gasteiger partial charge on any atom is 0.0768 e. The van der Waals surface area contributed by atoms with Crippen LogP contribution in [-0.2, 0) is 21.7 Å². The zero-order valence-electron chi connectivity index (χ0n) is 8.27. The van der Waals surface area contributed by atoms with E-state index in [0.717, 1.165) is 0 Å². The van der Waals surface area contributed by atoms with Gasteiger partial charge in [0.15, 0.2) is 0 Å². The van der Waals surface area contributed by atoms with E-state index in [-0.39, 0.29) is 34.9 Å². The maximum absolute atomic E-state index is 8.42. The Kier molecular flexibility index (Phi) is 22.2. The van der Waals surface area contributed by atoms with E-state index in [0.29, 0.717) is 12.8 Å². The molecule has 4 N–H and O–H groups in total. The van der Waals surface area contributed by atoms with Crippen molar-refractivity contribution in [2.45, 2.75) is 38.9 Å². The first-order chi connectivity index (χ1) is 5.62. The van der Waals surface area contributed by atoms with E-state index in [1.807, 2.05) is 13.8 Å². The molecule has 0 aliphatic carbocycles. The van der Waals surface area contributed by atoms with Crippen LogP contribution in [0.2, 0.25) is 0 Å². The van der Waals surface area contributed by atoms with Crippen LogP contribution in [0, 0.1) is 0 Å². The van der Waals surface area contributed by atoms with Crippen LogP contribution < -0.4 is 0 Å². The Balaban J connectivity index is -0.000000143. The quantitative estimate of drug-likeness (QED) is 0.489. The first-order valence-corrected chi connectivity index (χ1v) is 4.20. The van der Waals surface area contributed by atoms with Crippen LogP contribution in [-0.4, -0.2) is 45.8 Å². The molecule has 2 atom stereocenters. The van der Waals surface area contributed by atoms with Crippen molar-refractivity contribution in [3.05, 3.63) is 0 Å². The molecule has 0 rings (SSSR count). The second-order valence-corrected chi connectivity index (χ2v) is 2.49. The summed E-state index contributed by atoms with van der Waals surface area (Å²) in [6, 6.07) is 0. The Morgan fingerprint density at radius 1 is 0.846 bits per heavy atom. The smallest absolute Gasteiger partial charge is 0.0768 e. The monoisotopic (exact) mass is 228 g/mol. The van der Waals surface area contributed by atoms with E-state index >= 15 is 0 Å². The third-order valence-electron chi connectivity index (χ3n) is 1.36. The SMILES string of the molecule is CCC(O)CO.CCC(O)CO.[Ti]. The molecule has 0 radical (unpaired) electrons. The van der Waals surface area contributed by atoms with Crippen LogP contribution in [0.15, 0.2) is 0 Å². The van der Waals surface area contributed by atoms with Crippen LogP contribution in [0.4, 0.5) is 0 Å². The van der Waals surface area contributed by atoms with Crippen LogP contribution >= 0.6 is 0 Å². The van der Waals surface area contributed by atoms with Gasteiger partial charge in [-0.05, 0) is 12.8 Å². The minimum atomic E-state index is -0.509. The van der Waals surface area contributed by atoms with Gasteiger partial charge in [0.25, 0.3) is 0 Å². The molecule has 0 aliphatic heterocycles. The van der Waals surface area contributed by atoms with Crippen molar-refractivity contribution in [1.82, 2.24) is 0 Å². The Hall–Kier alpha value is 0.554. The van der Waals surface area contributed by atoms with Crippen LogP contribution in [0.25, 0.3) is 0 Å². The molecule has 2 unspecified atom stereocenters. The molecule has 0 aromatic rings. The average Bonchev–Trinajstić information content (AvgIpc) is 2.16. The Labute approximate surface area is 94.5 Å². The molecule has 0 saturated heterocycles. The van der Waals surface area contributed by atoms with Gasteiger partial charge in [0.2, 0.25) is 0 Å². The van der Waals surface area contributed by atoms with Crippen molar-refractivity contribution in [2.24, 2.45) is 0 Å². The van der Waals surface area contributed by atoms with Gasteiger partial charge >= 0.3 is 0 Å². The summed E-state index contributed by atoms with van der Waals surface area (Å²) in [6.07, 6.45) is 0.252. The fourth-order valence-electron chi connectivity index (χ4n) is 0.258. The normalized spacial score (nSPS) is 13.4. The molecule has 0 aromatic carbocycles. The van der Waals surface area contributed by atoms with Crippen molar-refractivity contribution in [3.63, 3.8) is 0 Å². The van der Waals surface area contributed by atoms with E-state index in [9.17, 15) is 0 Å². The average molecular weight is 228 g/mol. The zero-order valence-corrected chi connectivity index (χ0v) is 9.83. The summed E-state index contributed by atoms with van der Waals surface area (Å²) >= 11 is 0. The molecule has 0 aromatic heterocycles. The van der Waals surface area contributed by atoms with E-state index in [1.54, 1.807) is 0 Å². The topological polar surface area (TPSA) is 80.9 Å². The zero-order chi connectivity index (χ0) is 9.98. The molecular formula is C8H20O4Ti. The molecule has 4 nitrogen and oxygen atoms in total. The first-order valence-electron chi connectivity index (χ1n) is 4.20. The molecule has 0 fully saturated rings. The van der Waals surface area contributed by atoms with Gasteiger partial charge in [-0.1, -0.05) is 13.8 Å². The van der Waals surface area contributed by atoms with Crippen molar-refractivity contribution in [2.75, 3.05) is 13.2 Å². The van der Waals surface area contributed by atoms with E-state index in [4.69, 9.17) is 20.4 Å². The molecule has 80 valence electrons. The second-order valence-electron chi connectivity index (χ2n) is 2.49. The third kappa shape index (κ3) is 19.1. The summed E-state index contributed by atoms with van der Waals surface area (Å²) in [5.41, 5.74) is 0. The van der Waals surface area contributed by atoms with Gasteiger partial charge in [-0.3, -0.25) is 0 Å². The Morgan fingerprint density at radius 2 is 1.08 bits per heavy atom. The number of aliphatic hydroxyl groups is 4. The van der Waals surface area contributed by atoms with Gasteiger partial charge in [0.05, 0.1) is 25.4 Å². The van der Waals surface area contributed by atoms with Gasteiger partial charge in [0.1, 0.15) is 0 Å². The number of hydrogen-bond donors (Lipinski definition) is 4. The number of aliphatic hydroxyl groups excluding tert-OH is 4. The van der Waals surface area contributed by atoms with Crippen LogP contribution in [0.3, 0.4) is 0 Å². The van der Waals surface area contributed by atoms with Crippen molar-refractivity contribution < 1.29 is 42.1 Å². The van der Waals surface area contributed by atoms with Crippen molar-refractivity contribution in [3.8, 4) is 0 Å². The van der Waals surface area contributed by atoms with E-state index in [2.05, 4.69) is 0 Å². The predicted molar refractivity (Wildman–Crippen MR) is 46.8 cm³/mol. The van der Waals surface area contributed by atoms with Crippen LogP contribution in [0.5, 0.6) is 0 Å². The molecule has 0 heterocycles. The largest absolute Gasteiger partial charge is 0.394 e. The minimum Gasteiger partial charge on any atom is -0.394 e. The van der Waals surface area contributed by atoms with E-state index in [1.165, 1.54) is 0 Å². The van der Waals surface area contributed by atoms with Crippen molar-refractivity contribution >= 4 is 0 Å². The fraction of sp³-hybridized carbons (Fsp3) is 1.00. The molecule has 5 heteroatoms. The molecule has 0 spiro atoms. The molecule has 0 saturated carbocycles. The van der Waals surface area contributed by atoms with Gasteiger partial charge in [-0.25, -0.2) is 0 Å². The fourth-order valence-corrected chi connectivity index (χ4v) is 0.258. The summed E-state index contributed by atoms with van der Waals surface area (Å²) in [5, 5.41) is 33.0. The standard InChI is InChI=1S/2C4H10O2.Ti/c2*1-2-4(6)3-5;/h2*4-6H,2-3H2,1H3;. The Morgan fingerprint density at radius 3 is 1.08 bits per heavy atom.